The molecule has 1 fully saturated rings. The van der Waals surface area contributed by atoms with Crippen LogP contribution in [0.15, 0.2) is 24.3 Å². The van der Waals surface area contributed by atoms with Crippen LogP contribution >= 0.6 is 11.8 Å². The lowest BCUT2D eigenvalue weighted by Gasteiger charge is -2.28. The van der Waals surface area contributed by atoms with E-state index in [0.29, 0.717) is 23.8 Å². The molecule has 2 unspecified atom stereocenters. The highest BCUT2D eigenvalue weighted by atomic mass is 32.2. The number of nitrogens with one attached hydrogen (secondary N) is 1. The van der Waals surface area contributed by atoms with Gasteiger partial charge in [-0.15, -0.1) is 11.8 Å². The molecule has 4 nitrogen and oxygen atoms in total. The van der Waals surface area contributed by atoms with Crippen molar-refractivity contribution in [3.8, 4) is 0 Å². The van der Waals surface area contributed by atoms with E-state index in [9.17, 15) is 14.0 Å². The Kier molecular flexibility index (Phi) is 6.04. The molecular formula is C17H23FN2O2S. The molecule has 1 saturated heterocycles. The van der Waals surface area contributed by atoms with E-state index in [4.69, 9.17) is 0 Å². The molecule has 23 heavy (non-hydrogen) atoms. The van der Waals surface area contributed by atoms with E-state index in [1.807, 2.05) is 0 Å². The topological polar surface area (TPSA) is 49.4 Å². The first-order valence-corrected chi connectivity index (χ1v) is 8.88. The highest BCUT2D eigenvalue weighted by Crippen LogP contribution is 2.41. The standard InChI is InChI=1S/C17H23FN2O2S/c1-11(2)7-8-19-16(22)15-10-23-17(20(15)12(3)21)13-5-4-6-14(18)9-13/h4-6,9,11,15,17H,7-8,10H2,1-3H3,(H,19,22). The number of benzene rings is 1. The minimum absolute atomic E-state index is 0.132. The van der Waals surface area contributed by atoms with Gasteiger partial charge in [0.2, 0.25) is 11.8 Å². The number of hydrogen-bond donors (Lipinski definition) is 1. The van der Waals surface area contributed by atoms with Crippen LogP contribution in [0.3, 0.4) is 0 Å². The normalized spacial score (nSPS) is 20.8. The van der Waals surface area contributed by atoms with Crippen LogP contribution in [-0.2, 0) is 9.59 Å². The van der Waals surface area contributed by atoms with Crippen LogP contribution in [0.4, 0.5) is 4.39 Å². The highest BCUT2D eigenvalue weighted by Gasteiger charge is 2.40. The molecule has 1 aliphatic heterocycles. The predicted octanol–water partition coefficient (Wildman–Crippen LogP) is 2.95. The molecule has 6 heteroatoms. The van der Waals surface area contributed by atoms with Crippen LogP contribution in [0, 0.1) is 11.7 Å². The number of thioether (sulfide) groups is 1. The van der Waals surface area contributed by atoms with E-state index < -0.39 is 6.04 Å². The van der Waals surface area contributed by atoms with Gasteiger partial charge in [-0.25, -0.2) is 4.39 Å². The molecule has 1 aromatic rings. The molecule has 1 aliphatic rings. The highest BCUT2D eigenvalue weighted by molar-refractivity contribution is 7.99. The molecule has 1 aromatic carbocycles. The SMILES string of the molecule is CC(=O)N1C(C(=O)NCCC(C)C)CSC1c1cccc(F)c1. The third-order valence-electron chi connectivity index (χ3n) is 3.82. The second-order valence-corrected chi connectivity index (χ2v) is 7.27. The van der Waals surface area contributed by atoms with E-state index >= 15 is 0 Å². The van der Waals surface area contributed by atoms with Crippen molar-refractivity contribution in [3.63, 3.8) is 0 Å². The summed E-state index contributed by atoms with van der Waals surface area (Å²) < 4.78 is 13.5. The monoisotopic (exact) mass is 338 g/mol. The molecule has 1 N–H and O–H groups in total. The summed E-state index contributed by atoms with van der Waals surface area (Å²) >= 11 is 1.49. The maximum atomic E-state index is 13.5. The summed E-state index contributed by atoms with van der Waals surface area (Å²) in [6.07, 6.45) is 0.902. The maximum absolute atomic E-state index is 13.5. The van der Waals surface area contributed by atoms with E-state index in [1.165, 1.54) is 30.8 Å². The Balaban J connectivity index is 2.10. The van der Waals surface area contributed by atoms with Gasteiger partial charge < -0.3 is 10.2 Å². The van der Waals surface area contributed by atoms with Gasteiger partial charge in [-0.05, 0) is 30.0 Å². The number of nitrogens with zero attached hydrogens (tertiary/aromatic N) is 1. The van der Waals surface area contributed by atoms with Crippen molar-refractivity contribution in [2.75, 3.05) is 12.3 Å². The van der Waals surface area contributed by atoms with E-state index in [1.54, 1.807) is 17.0 Å². The van der Waals surface area contributed by atoms with Gasteiger partial charge in [0, 0.05) is 19.2 Å². The van der Waals surface area contributed by atoms with E-state index in [2.05, 4.69) is 19.2 Å². The first-order valence-electron chi connectivity index (χ1n) is 7.84. The summed E-state index contributed by atoms with van der Waals surface area (Å²) in [5, 5.41) is 2.59. The molecule has 2 atom stereocenters. The summed E-state index contributed by atoms with van der Waals surface area (Å²) in [5.41, 5.74) is 0.711. The number of carbonyl (C=O) groups excluding carboxylic acids is 2. The summed E-state index contributed by atoms with van der Waals surface area (Å²) in [4.78, 5) is 26.0. The van der Waals surface area contributed by atoms with Crippen molar-refractivity contribution in [1.29, 1.82) is 0 Å². The Morgan fingerprint density at radius 3 is 2.78 bits per heavy atom. The molecule has 2 rings (SSSR count). The van der Waals surface area contributed by atoms with Crippen molar-refractivity contribution in [3.05, 3.63) is 35.6 Å². The van der Waals surface area contributed by atoms with Gasteiger partial charge in [0.05, 0.1) is 0 Å². The Morgan fingerprint density at radius 2 is 2.17 bits per heavy atom. The number of hydrogen-bond acceptors (Lipinski definition) is 3. The molecule has 0 saturated carbocycles. The van der Waals surface area contributed by atoms with Crippen molar-refractivity contribution in [2.24, 2.45) is 5.92 Å². The number of amides is 2. The fourth-order valence-corrected chi connectivity index (χ4v) is 4.08. The van der Waals surface area contributed by atoms with Gasteiger partial charge in [-0.2, -0.15) is 0 Å². The van der Waals surface area contributed by atoms with Gasteiger partial charge in [-0.1, -0.05) is 26.0 Å². The molecule has 0 aliphatic carbocycles. The van der Waals surface area contributed by atoms with Crippen molar-refractivity contribution in [2.45, 2.75) is 38.6 Å². The fourth-order valence-electron chi connectivity index (χ4n) is 2.61. The number of rotatable bonds is 5. The summed E-state index contributed by atoms with van der Waals surface area (Å²) in [7, 11) is 0. The molecule has 0 spiro atoms. The van der Waals surface area contributed by atoms with Crippen LogP contribution in [0.25, 0.3) is 0 Å². The van der Waals surface area contributed by atoms with Crippen LogP contribution in [-0.4, -0.2) is 35.1 Å². The lowest BCUT2D eigenvalue weighted by atomic mass is 10.1. The largest absolute Gasteiger partial charge is 0.354 e. The molecule has 0 radical (unpaired) electrons. The molecule has 0 aromatic heterocycles. The minimum atomic E-state index is -0.502. The Hall–Kier alpha value is -1.56. The zero-order valence-electron chi connectivity index (χ0n) is 13.7. The van der Waals surface area contributed by atoms with Crippen LogP contribution < -0.4 is 5.32 Å². The van der Waals surface area contributed by atoms with Crippen molar-refractivity contribution in [1.82, 2.24) is 10.2 Å². The minimum Gasteiger partial charge on any atom is -0.354 e. The van der Waals surface area contributed by atoms with Gasteiger partial charge in [0.15, 0.2) is 0 Å². The lowest BCUT2D eigenvalue weighted by Crippen LogP contribution is -2.47. The van der Waals surface area contributed by atoms with E-state index in [0.717, 1.165) is 6.42 Å². The molecule has 0 bridgehead atoms. The zero-order chi connectivity index (χ0) is 17.0. The van der Waals surface area contributed by atoms with Gasteiger partial charge in [-0.3, -0.25) is 9.59 Å². The zero-order valence-corrected chi connectivity index (χ0v) is 14.5. The lowest BCUT2D eigenvalue weighted by molar-refractivity contribution is -0.138. The quantitative estimate of drug-likeness (QED) is 0.898. The summed E-state index contributed by atoms with van der Waals surface area (Å²) in [6, 6.07) is 5.71. The second kappa shape index (κ2) is 7.81. The average molecular weight is 338 g/mol. The molecule has 126 valence electrons. The first kappa shape index (κ1) is 17.8. The number of halogens is 1. The van der Waals surface area contributed by atoms with Crippen molar-refractivity contribution >= 4 is 23.6 Å². The van der Waals surface area contributed by atoms with Crippen LogP contribution in [0.2, 0.25) is 0 Å². The molecular weight excluding hydrogens is 315 g/mol. The number of carbonyl (C=O) groups is 2. The average Bonchev–Trinajstić information content (AvgIpc) is 2.91. The smallest absolute Gasteiger partial charge is 0.243 e. The van der Waals surface area contributed by atoms with Gasteiger partial charge in [0.1, 0.15) is 17.2 Å². The van der Waals surface area contributed by atoms with Gasteiger partial charge in [0.25, 0.3) is 0 Å². The van der Waals surface area contributed by atoms with E-state index in [-0.39, 0.29) is 23.0 Å². The third kappa shape index (κ3) is 4.47. The molecule has 2 amide bonds. The van der Waals surface area contributed by atoms with Crippen molar-refractivity contribution < 1.29 is 14.0 Å². The Labute approximate surface area is 140 Å². The predicted molar refractivity (Wildman–Crippen MR) is 90.4 cm³/mol. The Bertz CT molecular complexity index is 579. The fraction of sp³-hybridized carbons (Fsp3) is 0.529. The van der Waals surface area contributed by atoms with Gasteiger partial charge >= 0.3 is 0 Å². The summed E-state index contributed by atoms with van der Waals surface area (Å²) in [6.45, 7) is 6.25. The second-order valence-electron chi connectivity index (χ2n) is 6.16. The third-order valence-corrected chi connectivity index (χ3v) is 5.14. The summed E-state index contributed by atoms with van der Waals surface area (Å²) in [5.74, 6) is 0.392. The molecule has 1 heterocycles. The van der Waals surface area contributed by atoms with Crippen LogP contribution in [0.1, 0.15) is 38.1 Å². The first-order chi connectivity index (χ1) is 10.9. The maximum Gasteiger partial charge on any atom is 0.243 e. The van der Waals surface area contributed by atoms with Crippen LogP contribution in [0.5, 0.6) is 0 Å². The Morgan fingerprint density at radius 1 is 1.43 bits per heavy atom.